The quantitative estimate of drug-likeness (QED) is 0.268. The molecular formula is C35H34FN7O4. The summed E-state index contributed by atoms with van der Waals surface area (Å²) in [6.07, 6.45) is 2.97. The van der Waals surface area contributed by atoms with E-state index in [2.05, 4.69) is 27.4 Å². The van der Waals surface area contributed by atoms with Crippen molar-refractivity contribution in [1.29, 1.82) is 0 Å². The number of nitrogens with two attached hydrogens (primary N) is 1. The molecule has 12 heteroatoms. The number of benzene rings is 3. The van der Waals surface area contributed by atoms with Gasteiger partial charge in [-0.25, -0.2) is 4.39 Å². The Morgan fingerprint density at radius 2 is 1.81 bits per heavy atom. The highest BCUT2D eigenvalue weighted by molar-refractivity contribution is 6.07. The lowest BCUT2D eigenvalue weighted by Gasteiger charge is -2.39. The molecule has 2 aliphatic rings. The molecule has 4 heterocycles. The summed E-state index contributed by atoms with van der Waals surface area (Å²) in [7, 11) is 1.86. The second-order valence-electron chi connectivity index (χ2n) is 11.8. The van der Waals surface area contributed by atoms with Crippen molar-refractivity contribution in [3.05, 3.63) is 94.7 Å². The third kappa shape index (κ3) is 5.45. The zero-order valence-electron chi connectivity index (χ0n) is 26.1. The van der Waals surface area contributed by atoms with Crippen LogP contribution in [0.15, 0.2) is 77.7 Å². The molecule has 240 valence electrons. The minimum atomic E-state index is -0.631. The van der Waals surface area contributed by atoms with Gasteiger partial charge in [0.1, 0.15) is 17.1 Å². The van der Waals surface area contributed by atoms with Crippen LogP contribution in [0.4, 0.5) is 21.6 Å². The number of nitrogen functional groups attached to an aromatic ring is 1. The summed E-state index contributed by atoms with van der Waals surface area (Å²) >= 11 is 0. The Morgan fingerprint density at radius 3 is 2.55 bits per heavy atom. The zero-order chi connectivity index (χ0) is 32.8. The average molecular weight is 636 g/mol. The maximum absolute atomic E-state index is 13.5. The van der Waals surface area contributed by atoms with Crippen LogP contribution in [0, 0.1) is 5.82 Å². The third-order valence-electron chi connectivity index (χ3n) is 8.96. The van der Waals surface area contributed by atoms with Gasteiger partial charge in [-0.3, -0.25) is 23.6 Å². The van der Waals surface area contributed by atoms with Crippen LogP contribution >= 0.6 is 0 Å². The Bertz CT molecular complexity index is 2070. The summed E-state index contributed by atoms with van der Waals surface area (Å²) in [6.45, 7) is 4.22. The monoisotopic (exact) mass is 635 g/mol. The Morgan fingerprint density at radius 1 is 1.04 bits per heavy atom. The number of piperazine rings is 1. The maximum Gasteiger partial charge on any atom is 0.271 e. The molecular weight excluding hydrogens is 601 g/mol. The summed E-state index contributed by atoms with van der Waals surface area (Å²) in [5, 5.41) is 8.14. The van der Waals surface area contributed by atoms with Gasteiger partial charge in [0, 0.05) is 62.4 Å². The van der Waals surface area contributed by atoms with Crippen LogP contribution in [0.3, 0.4) is 0 Å². The van der Waals surface area contributed by atoms with E-state index >= 15 is 0 Å². The number of hydrogen-bond donors (Lipinski definition) is 2. The van der Waals surface area contributed by atoms with Gasteiger partial charge in [-0.2, -0.15) is 5.10 Å². The van der Waals surface area contributed by atoms with Crippen molar-refractivity contribution in [1.82, 2.24) is 19.2 Å². The molecule has 0 saturated carbocycles. The number of aryl methyl sites for hydroxylation is 1. The van der Waals surface area contributed by atoms with Gasteiger partial charge in [0.2, 0.25) is 5.91 Å². The fraction of sp³-hybridized carbons (Fsp3) is 0.257. The number of carbonyl (C=O) groups is 2. The average Bonchev–Trinajstić information content (AvgIpc) is 3.59. The Kier molecular flexibility index (Phi) is 7.63. The van der Waals surface area contributed by atoms with E-state index in [1.807, 2.05) is 24.1 Å². The topological polar surface area (TPSA) is 128 Å². The van der Waals surface area contributed by atoms with E-state index in [9.17, 15) is 18.8 Å². The van der Waals surface area contributed by atoms with Crippen LogP contribution in [0.2, 0.25) is 0 Å². The Balaban J connectivity index is 1.19. The van der Waals surface area contributed by atoms with Crippen molar-refractivity contribution < 1.29 is 18.7 Å². The van der Waals surface area contributed by atoms with Gasteiger partial charge in [-0.05, 0) is 79.1 Å². The van der Waals surface area contributed by atoms with Crippen LogP contribution in [-0.4, -0.2) is 63.3 Å². The van der Waals surface area contributed by atoms with E-state index in [4.69, 9.17) is 10.5 Å². The second-order valence-corrected chi connectivity index (χ2v) is 11.8. The van der Waals surface area contributed by atoms with Crippen LogP contribution in [0.25, 0.3) is 27.7 Å². The molecule has 0 aliphatic carbocycles. The van der Waals surface area contributed by atoms with E-state index in [-0.39, 0.29) is 29.9 Å². The first kappa shape index (κ1) is 30.0. The first-order chi connectivity index (χ1) is 22.7. The van der Waals surface area contributed by atoms with Gasteiger partial charge >= 0.3 is 0 Å². The zero-order valence-corrected chi connectivity index (χ0v) is 26.1. The van der Waals surface area contributed by atoms with Crippen LogP contribution in [0.5, 0.6) is 5.75 Å². The van der Waals surface area contributed by atoms with Gasteiger partial charge in [-0.1, -0.05) is 12.1 Å². The van der Waals surface area contributed by atoms with E-state index in [0.717, 1.165) is 47.2 Å². The number of nitrogens with one attached hydrogen (secondary N) is 1. The molecule has 2 saturated heterocycles. The molecule has 47 heavy (non-hydrogen) atoms. The highest BCUT2D eigenvalue weighted by atomic mass is 19.1. The summed E-state index contributed by atoms with van der Waals surface area (Å²) in [4.78, 5) is 43.6. The van der Waals surface area contributed by atoms with Crippen LogP contribution in [0.1, 0.15) is 30.1 Å². The lowest BCUT2D eigenvalue weighted by molar-refractivity contribution is -0.129. The standard InChI is InChI=1S/C35H34FN7O4/c1-3-47-29-14-15-43(24-10-6-22(36)7-11-24)35(46)32(29)34(45)38-23-8-4-21(5-9-23)27-18-26(19-28-31(27)33(37)39-40(28)2)41-16-17-42-25(20-41)12-13-30(42)44/h4-11,14-15,18-19,25H,3,12-13,16-17,20H2,1-2H3,(H2,37,39)(H,38,45)/t25-/m0/s1. The Hall–Kier alpha value is -5.65. The van der Waals surface area contributed by atoms with Gasteiger partial charge in [0.25, 0.3) is 11.5 Å². The van der Waals surface area contributed by atoms with Crippen molar-refractivity contribution in [3.8, 4) is 22.6 Å². The smallest absolute Gasteiger partial charge is 0.271 e. The van der Waals surface area contributed by atoms with Crippen molar-refractivity contribution in [2.24, 2.45) is 7.05 Å². The molecule has 0 bridgehead atoms. The summed E-state index contributed by atoms with van der Waals surface area (Å²) in [5.74, 6) is -0.264. The predicted molar refractivity (Wildman–Crippen MR) is 179 cm³/mol. The van der Waals surface area contributed by atoms with E-state index in [1.54, 1.807) is 29.8 Å². The fourth-order valence-electron chi connectivity index (χ4n) is 6.65. The molecule has 5 aromatic rings. The number of ether oxygens (including phenoxy) is 1. The number of anilines is 3. The predicted octanol–water partition coefficient (Wildman–Crippen LogP) is 4.57. The SMILES string of the molecule is CCOc1ccn(-c2ccc(F)cc2)c(=O)c1C(=O)Nc1ccc(-c2cc(N3CCN4C(=O)CC[C@H]4C3)cc3c2c(N)nn3C)cc1. The second kappa shape index (κ2) is 11.9. The molecule has 0 unspecified atom stereocenters. The van der Waals surface area contributed by atoms with Crippen molar-refractivity contribution in [3.63, 3.8) is 0 Å². The number of halogens is 1. The minimum absolute atomic E-state index is 0.152. The van der Waals surface area contributed by atoms with Crippen LogP contribution in [-0.2, 0) is 11.8 Å². The van der Waals surface area contributed by atoms with Crippen molar-refractivity contribution in [2.45, 2.75) is 25.8 Å². The number of carbonyl (C=O) groups excluding carboxylic acids is 2. The maximum atomic E-state index is 13.5. The van der Waals surface area contributed by atoms with Crippen LogP contribution < -0.4 is 26.2 Å². The van der Waals surface area contributed by atoms with Gasteiger partial charge in [0.15, 0.2) is 5.82 Å². The molecule has 2 amide bonds. The molecule has 0 spiro atoms. The number of rotatable bonds is 7. The van der Waals surface area contributed by atoms with E-state index in [1.165, 1.54) is 35.0 Å². The molecule has 3 aromatic carbocycles. The van der Waals surface area contributed by atoms with Gasteiger partial charge in [0.05, 0.1) is 17.5 Å². The molecule has 11 nitrogen and oxygen atoms in total. The molecule has 7 rings (SSSR count). The number of nitrogens with zero attached hydrogens (tertiary/aromatic N) is 5. The van der Waals surface area contributed by atoms with E-state index in [0.29, 0.717) is 30.2 Å². The number of amides is 2. The molecule has 1 atom stereocenters. The molecule has 0 radical (unpaired) electrons. The van der Waals surface area contributed by atoms with Crippen molar-refractivity contribution in [2.75, 3.05) is 42.2 Å². The molecule has 2 aromatic heterocycles. The lowest BCUT2D eigenvalue weighted by atomic mass is 9.99. The van der Waals surface area contributed by atoms with Gasteiger partial charge in [-0.15, -0.1) is 0 Å². The summed E-state index contributed by atoms with van der Waals surface area (Å²) in [5.41, 5.74) is 10.2. The Labute approximate surface area is 269 Å². The van der Waals surface area contributed by atoms with Crippen molar-refractivity contribution >= 4 is 39.9 Å². The largest absolute Gasteiger partial charge is 0.493 e. The summed E-state index contributed by atoms with van der Waals surface area (Å²) in [6, 6.07) is 18.7. The molecule has 2 aliphatic heterocycles. The first-order valence-electron chi connectivity index (χ1n) is 15.6. The number of aromatic nitrogens is 3. The highest BCUT2D eigenvalue weighted by Gasteiger charge is 2.36. The fourth-order valence-corrected chi connectivity index (χ4v) is 6.65. The molecule has 3 N–H and O–H groups in total. The number of fused-ring (bicyclic) bond motifs is 2. The first-order valence-corrected chi connectivity index (χ1v) is 15.6. The number of hydrogen-bond acceptors (Lipinski definition) is 7. The van der Waals surface area contributed by atoms with Gasteiger partial charge < -0.3 is 25.6 Å². The van der Waals surface area contributed by atoms with E-state index < -0.39 is 17.3 Å². The normalized spacial score (nSPS) is 16.1. The highest BCUT2D eigenvalue weighted by Crippen LogP contribution is 2.38. The minimum Gasteiger partial charge on any atom is -0.493 e. The lowest BCUT2D eigenvalue weighted by Crippen LogP contribution is -2.51. The summed E-state index contributed by atoms with van der Waals surface area (Å²) < 4.78 is 22.2. The molecule has 2 fully saturated rings. The third-order valence-corrected chi connectivity index (χ3v) is 8.96. The number of pyridine rings is 1.